The molecule has 8 nitrogen and oxygen atoms in total. The van der Waals surface area contributed by atoms with Gasteiger partial charge in [-0.05, 0) is 31.2 Å². The van der Waals surface area contributed by atoms with Gasteiger partial charge in [0.25, 0.3) is 0 Å². The summed E-state index contributed by atoms with van der Waals surface area (Å²) >= 11 is 7.57. The SMILES string of the molecule is CCOc1ccccc1-c1noc(CSc2nnc(COc3ccccc3Cl)n2C)n1. The lowest BCUT2D eigenvalue weighted by Gasteiger charge is -2.07. The van der Waals surface area contributed by atoms with Crippen LogP contribution in [0.2, 0.25) is 5.02 Å². The summed E-state index contributed by atoms with van der Waals surface area (Å²) < 4.78 is 18.7. The van der Waals surface area contributed by atoms with Crippen LogP contribution in [0.3, 0.4) is 0 Å². The molecule has 0 saturated heterocycles. The molecule has 4 rings (SSSR count). The first-order valence-electron chi connectivity index (χ1n) is 9.59. The number of halogens is 1. The number of ether oxygens (including phenoxy) is 2. The molecule has 0 N–H and O–H groups in total. The molecule has 0 saturated carbocycles. The van der Waals surface area contributed by atoms with E-state index in [2.05, 4.69) is 20.3 Å². The Labute approximate surface area is 188 Å². The van der Waals surface area contributed by atoms with Gasteiger partial charge in [0.05, 0.1) is 22.9 Å². The molecule has 2 aromatic carbocycles. The molecule has 0 atom stereocenters. The van der Waals surface area contributed by atoms with Crippen LogP contribution in [0.15, 0.2) is 58.2 Å². The number of benzene rings is 2. The number of aromatic nitrogens is 5. The highest BCUT2D eigenvalue weighted by Crippen LogP contribution is 2.29. The van der Waals surface area contributed by atoms with Gasteiger partial charge < -0.3 is 18.6 Å². The second-order valence-corrected chi connectivity index (χ2v) is 7.76. The van der Waals surface area contributed by atoms with Crippen LogP contribution in [-0.2, 0) is 19.4 Å². The van der Waals surface area contributed by atoms with Gasteiger partial charge in [0.2, 0.25) is 11.7 Å². The van der Waals surface area contributed by atoms with Crippen molar-refractivity contribution in [1.82, 2.24) is 24.9 Å². The summed E-state index contributed by atoms with van der Waals surface area (Å²) in [4.78, 5) is 4.49. The van der Waals surface area contributed by atoms with Crippen molar-refractivity contribution < 1.29 is 14.0 Å². The zero-order chi connectivity index (χ0) is 21.6. The van der Waals surface area contributed by atoms with Crippen molar-refractivity contribution in [2.24, 2.45) is 7.05 Å². The van der Waals surface area contributed by atoms with Crippen molar-refractivity contribution in [2.45, 2.75) is 24.4 Å². The summed E-state index contributed by atoms with van der Waals surface area (Å²) in [6.45, 7) is 2.75. The molecule has 0 aliphatic rings. The van der Waals surface area contributed by atoms with E-state index in [1.54, 1.807) is 6.07 Å². The van der Waals surface area contributed by atoms with Crippen LogP contribution >= 0.6 is 23.4 Å². The molecule has 2 aromatic heterocycles. The van der Waals surface area contributed by atoms with E-state index in [-0.39, 0.29) is 6.61 Å². The van der Waals surface area contributed by atoms with Crippen molar-refractivity contribution in [3.05, 3.63) is 65.3 Å². The summed E-state index contributed by atoms with van der Waals surface area (Å²) in [5.74, 6) is 3.45. The maximum Gasteiger partial charge on any atom is 0.237 e. The van der Waals surface area contributed by atoms with Crippen molar-refractivity contribution >= 4 is 23.4 Å². The normalized spacial score (nSPS) is 10.9. The zero-order valence-electron chi connectivity index (χ0n) is 17.0. The first-order chi connectivity index (χ1) is 15.2. The number of hydrogen-bond donors (Lipinski definition) is 0. The van der Waals surface area contributed by atoms with Crippen LogP contribution in [0, 0.1) is 0 Å². The Hall–Kier alpha value is -3.04. The lowest BCUT2D eigenvalue weighted by Crippen LogP contribution is -2.04. The van der Waals surface area contributed by atoms with E-state index in [1.807, 2.05) is 61.0 Å². The fraction of sp³-hybridized carbons (Fsp3) is 0.238. The molecule has 0 unspecified atom stereocenters. The fourth-order valence-electron chi connectivity index (χ4n) is 2.78. The molecule has 2 heterocycles. The Morgan fingerprint density at radius 3 is 2.61 bits per heavy atom. The Balaban J connectivity index is 1.39. The monoisotopic (exact) mass is 457 g/mol. The molecule has 0 aliphatic heterocycles. The Morgan fingerprint density at radius 1 is 1.03 bits per heavy atom. The minimum absolute atomic E-state index is 0.257. The van der Waals surface area contributed by atoms with Gasteiger partial charge in [-0.15, -0.1) is 10.2 Å². The first kappa shape index (κ1) is 21.2. The average Bonchev–Trinajstić information content (AvgIpc) is 3.39. The van der Waals surface area contributed by atoms with Crippen molar-refractivity contribution in [3.8, 4) is 22.9 Å². The van der Waals surface area contributed by atoms with E-state index >= 15 is 0 Å². The smallest absolute Gasteiger partial charge is 0.237 e. The van der Waals surface area contributed by atoms with Crippen LogP contribution in [-0.4, -0.2) is 31.5 Å². The molecule has 31 heavy (non-hydrogen) atoms. The second kappa shape index (κ2) is 9.84. The minimum atomic E-state index is 0.257. The van der Waals surface area contributed by atoms with E-state index < -0.39 is 0 Å². The first-order valence-corrected chi connectivity index (χ1v) is 10.9. The van der Waals surface area contributed by atoms with E-state index in [0.29, 0.717) is 45.8 Å². The highest BCUT2D eigenvalue weighted by molar-refractivity contribution is 7.98. The quantitative estimate of drug-likeness (QED) is 0.331. The summed E-state index contributed by atoms with van der Waals surface area (Å²) in [5.41, 5.74) is 0.794. The molecule has 160 valence electrons. The summed E-state index contributed by atoms with van der Waals surface area (Å²) in [6.07, 6.45) is 0. The van der Waals surface area contributed by atoms with Crippen LogP contribution in [0.1, 0.15) is 18.6 Å². The maximum atomic E-state index is 6.12. The second-order valence-electron chi connectivity index (χ2n) is 6.41. The molecule has 0 amide bonds. The molecule has 4 aromatic rings. The predicted octanol–water partition coefficient (Wildman–Crippen LogP) is 4.79. The molecule has 0 bridgehead atoms. The van der Waals surface area contributed by atoms with E-state index in [4.69, 9.17) is 25.6 Å². The van der Waals surface area contributed by atoms with Gasteiger partial charge in [0.15, 0.2) is 11.0 Å². The molecular formula is C21H20ClN5O3S. The largest absolute Gasteiger partial charge is 0.493 e. The van der Waals surface area contributed by atoms with E-state index in [1.165, 1.54) is 11.8 Å². The minimum Gasteiger partial charge on any atom is -0.493 e. The summed E-state index contributed by atoms with van der Waals surface area (Å²) in [5, 5.41) is 13.8. The number of thioether (sulfide) groups is 1. The van der Waals surface area contributed by atoms with Crippen LogP contribution in [0.25, 0.3) is 11.4 Å². The van der Waals surface area contributed by atoms with Crippen LogP contribution < -0.4 is 9.47 Å². The molecule has 10 heteroatoms. The molecule has 0 aliphatic carbocycles. The molecule has 0 fully saturated rings. The van der Waals surface area contributed by atoms with E-state index in [9.17, 15) is 0 Å². The lowest BCUT2D eigenvalue weighted by molar-refractivity contribution is 0.290. The van der Waals surface area contributed by atoms with Gasteiger partial charge in [-0.25, -0.2) is 0 Å². The maximum absolute atomic E-state index is 6.12. The summed E-state index contributed by atoms with van der Waals surface area (Å²) in [7, 11) is 1.88. The van der Waals surface area contributed by atoms with Gasteiger partial charge in [-0.3, -0.25) is 0 Å². The van der Waals surface area contributed by atoms with E-state index in [0.717, 1.165) is 11.3 Å². The molecule has 0 spiro atoms. The van der Waals surface area contributed by atoms with Crippen LogP contribution in [0.4, 0.5) is 0 Å². The topological polar surface area (TPSA) is 88.1 Å². The zero-order valence-corrected chi connectivity index (χ0v) is 18.6. The summed E-state index contributed by atoms with van der Waals surface area (Å²) in [6, 6.07) is 14.9. The van der Waals surface area contributed by atoms with Gasteiger partial charge in [-0.2, -0.15) is 4.98 Å². The Kier molecular flexibility index (Phi) is 6.73. The number of nitrogens with zero attached hydrogens (tertiary/aromatic N) is 5. The highest BCUT2D eigenvalue weighted by atomic mass is 35.5. The predicted molar refractivity (Wildman–Crippen MR) is 117 cm³/mol. The Morgan fingerprint density at radius 2 is 1.81 bits per heavy atom. The number of rotatable bonds is 9. The van der Waals surface area contributed by atoms with Crippen molar-refractivity contribution in [1.29, 1.82) is 0 Å². The van der Waals surface area contributed by atoms with Gasteiger partial charge in [-0.1, -0.05) is 52.8 Å². The lowest BCUT2D eigenvalue weighted by atomic mass is 10.2. The average molecular weight is 458 g/mol. The number of hydrogen-bond acceptors (Lipinski definition) is 8. The van der Waals surface area contributed by atoms with Gasteiger partial charge in [0.1, 0.15) is 18.1 Å². The third-order valence-corrected chi connectivity index (χ3v) is 5.66. The number of para-hydroxylation sites is 2. The van der Waals surface area contributed by atoms with Gasteiger partial charge in [0, 0.05) is 7.05 Å². The fourth-order valence-corrected chi connectivity index (χ4v) is 3.74. The third kappa shape index (κ3) is 5.00. The van der Waals surface area contributed by atoms with Crippen LogP contribution in [0.5, 0.6) is 11.5 Å². The molecular weight excluding hydrogens is 438 g/mol. The Bertz CT molecular complexity index is 1160. The van der Waals surface area contributed by atoms with Crippen molar-refractivity contribution in [2.75, 3.05) is 6.61 Å². The van der Waals surface area contributed by atoms with Gasteiger partial charge >= 0.3 is 0 Å². The highest BCUT2D eigenvalue weighted by Gasteiger charge is 2.16. The standard InChI is InChI=1S/C21H20ClN5O3S/c1-3-28-16-10-6-4-8-14(16)20-23-19(30-26-20)13-31-21-25-24-18(27(21)2)12-29-17-11-7-5-9-15(17)22/h4-11H,3,12-13H2,1-2H3. The third-order valence-electron chi connectivity index (χ3n) is 4.34. The van der Waals surface area contributed by atoms with Crippen molar-refractivity contribution in [3.63, 3.8) is 0 Å². The molecule has 0 radical (unpaired) electrons.